The van der Waals surface area contributed by atoms with Crippen molar-refractivity contribution in [3.8, 4) is 0 Å². The van der Waals surface area contributed by atoms with Gasteiger partial charge in [-0.1, -0.05) is 13.3 Å². The van der Waals surface area contributed by atoms with Crippen molar-refractivity contribution in [3.05, 3.63) is 24.2 Å². The molecule has 7 nitrogen and oxygen atoms in total. The highest BCUT2D eigenvalue weighted by Crippen LogP contribution is 2.58. The molecule has 1 atom stereocenters. The Hall–Kier alpha value is -2.31. The topological polar surface area (TPSA) is 82.9 Å². The normalized spacial score (nSPS) is 34.5. The number of hydrogen-bond acceptors (Lipinski definition) is 4. The van der Waals surface area contributed by atoms with Crippen LogP contribution >= 0.6 is 0 Å². The number of carbonyl (C=O) groups is 3. The second-order valence-electron chi connectivity index (χ2n) is 9.92. The van der Waals surface area contributed by atoms with Gasteiger partial charge in [0.2, 0.25) is 5.91 Å². The molecule has 0 spiro atoms. The van der Waals surface area contributed by atoms with Gasteiger partial charge in [-0.15, -0.1) is 0 Å². The average Bonchev–Trinajstić information content (AvgIpc) is 3.29. The first-order valence-corrected chi connectivity index (χ1v) is 11.4. The second kappa shape index (κ2) is 7.43. The van der Waals surface area contributed by atoms with Gasteiger partial charge in [-0.3, -0.25) is 14.5 Å². The van der Waals surface area contributed by atoms with Gasteiger partial charge in [-0.2, -0.15) is 0 Å². The van der Waals surface area contributed by atoms with Crippen molar-refractivity contribution in [2.24, 2.45) is 17.8 Å². The van der Waals surface area contributed by atoms with E-state index < -0.39 is 12.1 Å². The summed E-state index contributed by atoms with van der Waals surface area (Å²) in [4.78, 5) is 41.8. The molecule has 4 amide bonds. The molecule has 1 aromatic rings. The van der Waals surface area contributed by atoms with E-state index in [2.05, 4.69) is 5.32 Å². The van der Waals surface area contributed by atoms with Crippen LogP contribution in [0, 0.1) is 17.8 Å². The highest BCUT2D eigenvalue weighted by molar-refractivity contribution is 6.06. The first-order valence-electron chi connectivity index (χ1n) is 11.4. The molecule has 1 N–H and O–H groups in total. The van der Waals surface area contributed by atoms with Gasteiger partial charge >= 0.3 is 6.03 Å². The third-order valence-corrected chi connectivity index (χ3v) is 7.75. The Morgan fingerprint density at radius 1 is 1.20 bits per heavy atom. The molecule has 4 aliphatic carbocycles. The van der Waals surface area contributed by atoms with Crippen molar-refractivity contribution in [3.63, 3.8) is 0 Å². The fourth-order valence-electron chi connectivity index (χ4n) is 6.91. The molecule has 7 heteroatoms. The molecule has 6 rings (SSSR count). The Morgan fingerprint density at radius 2 is 1.87 bits per heavy atom. The van der Waals surface area contributed by atoms with E-state index in [0.717, 1.165) is 36.3 Å². The van der Waals surface area contributed by atoms with Crippen molar-refractivity contribution in [1.82, 2.24) is 15.1 Å². The van der Waals surface area contributed by atoms with Gasteiger partial charge in [-0.25, -0.2) is 4.79 Å². The van der Waals surface area contributed by atoms with Crippen molar-refractivity contribution in [2.75, 3.05) is 6.54 Å². The quantitative estimate of drug-likeness (QED) is 0.696. The molecule has 1 aliphatic heterocycles. The molecule has 0 radical (unpaired) electrons. The third kappa shape index (κ3) is 3.32. The van der Waals surface area contributed by atoms with Crippen LogP contribution in [0.3, 0.4) is 0 Å². The molecule has 5 aliphatic rings. The number of furan rings is 1. The first-order chi connectivity index (χ1) is 14.5. The number of hydrogen-bond donors (Lipinski definition) is 1. The molecule has 4 bridgehead atoms. The summed E-state index contributed by atoms with van der Waals surface area (Å²) < 4.78 is 5.58. The Labute approximate surface area is 177 Å². The van der Waals surface area contributed by atoms with Gasteiger partial charge in [0.1, 0.15) is 18.3 Å². The standard InChI is InChI=1S/C23H31N3O4/c1-2-4-19-21(28)25(22(29)24-19)14-20(27)26(13-18-5-3-6-30-18)23-10-15-7-16(11-23)9-17(8-15)12-23/h3,5-6,15-17,19H,2,4,7-14H2,1H3,(H,24,29)/t15?,16?,17?,19-,23?/m0/s1. The molecule has 2 heterocycles. The molecule has 5 fully saturated rings. The zero-order valence-corrected chi connectivity index (χ0v) is 17.6. The Morgan fingerprint density at radius 3 is 2.43 bits per heavy atom. The lowest BCUT2D eigenvalue weighted by atomic mass is 9.52. The summed E-state index contributed by atoms with van der Waals surface area (Å²) in [7, 11) is 0. The molecule has 0 unspecified atom stereocenters. The van der Waals surface area contributed by atoms with E-state index in [9.17, 15) is 14.4 Å². The maximum Gasteiger partial charge on any atom is 0.325 e. The maximum absolute atomic E-state index is 13.6. The van der Waals surface area contributed by atoms with E-state index in [1.165, 1.54) is 19.3 Å². The summed E-state index contributed by atoms with van der Waals surface area (Å²) in [5, 5.41) is 2.73. The largest absolute Gasteiger partial charge is 0.467 e. The summed E-state index contributed by atoms with van der Waals surface area (Å²) in [6, 6.07) is 2.78. The number of rotatable bonds is 7. The van der Waals surface area contributed by atoms with Crippen LogP contribution in [0.4, 0.5) is 4.79 Å². The molecular formula is C23H31N3O4. The van der Waals surface area contributed by atoms with E-state index in [4.69, 9.17) is 4.42 Å². The van der Waals surface area contributed by atoms with Crippen LogP contribution in [0.25, 0.3) is 0 Å². The molecule has 4 saturated carbocycles. The fourth-order valence-corrected chi connectivity index (χ4v) is 6.91. The van der Waals surface area contributed by atoms with E-state index in [1.54, 1.807) is 6.26 Å². The number of nitrogens with zero attached hydrogens (tertiary/aromatic N) is 2. The lowest BCUT2D eigenvalue weighted by Crippen LogP contribution is -2.62. The van der Waals surface area contributed by atoms with Gasteiger partial charge in [0.15, 0.2) is 0 Å². The summed E-state index contributed by atoms with van der Waals surface area (Å²) in [6.07, 6.45) is 9.98. The lowest BCUT2D eigenvalue weighted by molar-refractivity contribution is -0.155. The van der Waals surface area contributed by atoms with Crippen molar-refractivity contribution in [2.45, 2.75) is 76.4 Å². The minimum Gasteiger partial charge on any atom is -0.467 e. The predicted molar refractivity (Wildman–Crippen MR) is 109 cm³/mol. The van der Waals surface area contributed by atoms with Crippen LogP contribution in [0.5, 0.6) is 0 Å². The zero-order valence-electron chi connectivity index (χ0n) is 17.6. The molecule has 30 heavy (non-hydrogen) atoms. The van der Waals surface area contributed by atoms with E-state index in [-0.39, 0.29) is 23.9 Å². The van der Waals surface area contributed by atoms with Gasteiger partial charge < -0.3 is 14.6 Å². The van der Waals surface area contributed by atoms with E-state index in [0.29, 0.717) is 30.7 Å². The minimum absolute atomic E-state index is 0.144. The van der Waals surface area contributed by atoms with Crippen LogP contribution in [-0.2, 0) is 16.1 Å². The number of carbonyl (C=O) groups excluding carboxylic acids is 3. The lowest BCUT2D eigenvalue weighted by Gasteiger charge is -2.60. The summed E-state index contributed by atoms with van der Waals surface area (Å²) >= 11 is 0. The Kier molecular flexibility index (Phi) is 4.86. The van der Waals surface area contributed by atoms with Crippen LogP contribution in [0.2, 0.25) is 0 Å². The maximum atomic E-state index is 13.6. The Balaban J connectivity index is 1.39. The van der Waals surface area contributed by atoms with Gasteiger partial charge in [0.25, 0.3) is 5.91 Å². The molecule has 162 valence electrons. The van der Waals surface area contributed by atoms with Crippen LogP contribution < -0.4 is 5.32 Å². The van der Waals surface area contributed by atoms with Gasteiger partial charge in [0.05, 0.1) is 12.8 Å². The monoisotopic (exact) mass is 413 g/mol. The van der Waals surface area contributed by atoms with Crippen molar-refractivity contribution in [1.29, 1.82) is 0 Å². The van der Waals surface area contributed by atoms with Crippen LogP contribution in [-0.4, -0.2) is 45.8 Å². The predicted octanol–water partition coefficient (Wildman–Crippen LogP) is 3.30. The third-order valence-electron chi connectivity index (χ3n) is 7.75. The fraction of sp³-hybridized carbons (Fsp3) is 0.696. The highest BCUT2D eigenvalue weighted by Gasteiger charge is 2.55. The van der Waals surface area contributed by atoms with Gasteiger partial charge in [0, 0.05) is 5.54 Å². The zero-order chi connectivity index (χ0) is 20.9. The van der Waals surface area contributed by atoms with Gasteiger partial charge in [-0.05, 0) is 74.8 Å². The molecular weight excluding hydrogens is 382 g/mol. The summed E-state index contributed by atoms with van der Waals surface area (Å²) in [5.41, 5.74) is -0.166. The number of urea groups is 1. The minimum atomic E-state index is -0.506. The number of amides is 4. The van der Waals surface area contributed by atoms with Crippen molar-refractivity contribution < 1.29 is 18.8 Å². The second-order valence-corrected chi connectivity index (χ2v) is 9.92. The van der Waals surface area contributed by atoms with Crippen LogP contribution in [0.15, 0.2) is 22.8 Å². The van der Waals surface area contributed by atoms with Crippen molar-refractivity contribution >= 4 is 17.8 Å². The van der Waals surface area contributed by atoms with E-state index in [1.807, 2.05) is 24.0 Å². The summed E-state index contributed by atoms with van der Waals surface area (Å²) in [6.45, 7) is 2.19. The number of imide groups is 1. The molecule has 1 aromatic heterocycles. The molecule has 1 saturated heterocycles. The van der Waals surface area contributed by atoms with E-state index >= 15 is 0 Å². The average molecular weight is 414 g/mol. The summed E-state index contributed by atoms with van der Waals surface area (Å²) in [5.74, 6) is 2.39. The smallest absolute Gasteiger partial charge is 0.325 e. The highest BCUT2D eigenvalue weighted by atomic mass is 16.3. The SMILES string of the molecule is CCC[C@@H]1NC(=O)N(CC(=O)N(Cc2ccco2)C23CC4CC(CC(C4)C2)C3)C1=O. The first kappa shape index (κ1) is 19.6. The Bertz CT molecular complexity index is 798. The van der Waals surface area contributed by atoms with Crippen LogP contribution in [0.1, 0.15) is 64.1 Å². The molecule has 0 aromatic carbocycles. The number of nitrogens with one attached hydrogen (secondary N) is 1.